The molecule has 5 heteroatoms. The van der Waals surface area contributed by atoms with Gasteiger partial charge in [0.1, 0.15) is 4.88 Å². The lowest BCUT2D eigenvalue weighted by molar-refractivity contribution is -0.116. The number of ether oxygens (including phenoxy) is 1. The van der Waals surface area contributed by atoms with Crippen molar-refractivity contribution < 1.29 is 14.3 Å². The number of rotatable bonds is 6. The number of hydrogen-bond donors (Lipinski definition) is 1. The van der Waals surface area contributed by atoms with E-state index in [9.17, 15) is 9.59 Å². The van der Waals surface area contributed by atoms with E-state index in [1.54, 1.807) is 6.92 Å². The van der Waals surface area contributed by atoms with E-state index >= 15 is 0 Å². The number of carbonyl (C=O) groups excluding carboxylic acids is 2. The summed E-state index contributed by atoms with van der Waals surface area (Å²) < 4.78 is 4.97. The zero-order valence-corrected chi connectivity index (χ0v) is 12.7. The highest BCUT2D eigenvalue weighted by Crippen LogP contribution is 2.27. The van der Waals surface area contributed by atoms with E-state index in [2.05, 4.69) is 12.2 Å². The molecule has 0 bridgehead atoms. The highest BCUT2D eigenvalue weighted by Gasteiger charge is 2.16. The predicted octanol–water partition coefficient (Wildman–Crippen LogP) is 3.61. The van der Waals surface area contributed by atoms with Crippen LogP contribution in [0.5, 0.6) is 0 Å². The first-order chi connectivity index (χ1) is 8.97. The van der Waals surface area contributed by atoms with Gasteiger partial charge in [0.25, 0.3) is 0 Å². The zero-order valence-electron chi connectivity index (χ0n) is 11.9. The minimum Gasteiger partial charge on any atom is -0.462 e. The zero-order chi connectivity index (χ0) is 14.4. The van der Waals surface area contributed by atoms with Gasteiger partial charge in [0.2, 0.25) is 5.91 Å². The molecule has 0 aliphatic heterocycles. The van der Waals surface area contributed by atoms with Gasteiger partial charge in [-0.1, -0.05) is 20.3 Å². The third-order valence-corrected chi connectivity index (χ3v) is 4.00. The maximum Gasteiger partial charge on any atom is 0.348 e. The van der Waals surface area contributed by atoms with E-state index in [1.165, 1.54) is 11.3 Å². The average Bonchev–Trinajstić information content (AvgIpc) is 2.70. The normalized spacial score (nSPS) is 12.0. The number of hydrogen-bond acceptors (Lipinski definition) is 4. The fourth-order valence-corrected chi connectivity index (χ4v) is 2.57. The van der Waals surface area contributed by atoms with Gasteiger partial charge in [-0.05, 0) is 31.4 Å². The third kappa shape index (κ3) is 4.67. The summed E-state index contributed by atoms with van der Waals surface area (Å²) in [4.78, 5) is 24.0. The molecule has 19 heavy (non-hydrogen) atoms. The summed E-state index contributed by atoms with van der Waals surface area (Å²) in [6.07, 6.45) is 1.48. The summed E-state index contributed by atoms with van der Waals surface area (Å²) in [5.74, 6) is 0.0315. The first-order valence-corrected chi connectivity index (χ1v) is 7.36. The molecule has 0 aromatic carbocycles. The largest absolute Gasteiger partial charge is 0.462 e. The molecular formula is C14H21NO3S. The number of nitrogens with one attached hydrogen (secondary N) is 1. The second-order valence-corrected chi connectivity index (χ2v) is 5.66. The lowest BCUT2D eigenvalue weighted by atomic mass is 10.1. The van der Waals surface area contributed by atoms with Gasteiger partial charge in [-0.3, -0.25) is 4.79 Å². The van der Waals surface area contributed by atoms with Crippen LogP contribution in [0, 0.1) is 12.8 Å². The Morgan fingerprint density at radius 3 is 2.68 bits per heavy atom. The molecule has 1 unspecified atom stereocenters. The molecule has 1 rings (SSSR count). The molecule has 1 atom stereocenters. The SMILES string of the molecule is CCOC(=O)c1sc(NC(=O)CC(C)CC)cc1C. The van der Waals surface area contributed by atoms with Crippen LogP contribution in [0.15, 0.2) is 6.07 Å². The van der Waals surface area contributed by atoms with Crippen molar-refractivity contribution >= 4 is 28.2 Å². The van der Waals surface area contributed by atoms with Gasteiger partial charge in [0.05, 0.1) is 11.6 Å². The maximum absolute atomic E-state index is 11.8. The molecule has 0 saturated heterocycles. The van der Waals surface area contributed by atoms with Crippen LogP contribution in [0.1, 0.15) is 48.8 Å². The highest BCUT2D eigenvalue weighted by molar-refractivity contribution is 7.18. The molecular weight excluding hydrogens is 262 g/mol. The number of thiophene rings is 1. The number of carbonyl (C=O) groups is 2. The molecule has 0 radical (unpaired) electrons. The minimum absolute atomic E-state index is 0.00833. The van der Waals surface area contributed by atoms with E-state index < -0.39 is 0 Å². The monoisotopic (exact) mass is 283 g/mol. The van der Waals surface area contributed by atoms with Crippen molar-refractivity contribution in [3.05, 3.63) is 16.5 Å². The Bertz CT molecular complexity index is 454. The fraction of sp³-hybridized carbons (Fsp3) is 0.571. The van der Waals surface area contributed by atoms with Gasteiger partial charge < -0.3 is 10.1 Å². The second kappa shape index (κ2) is 7.28. The summed E-state index contributed by atoms with van der Waals surface area (Å²) in [6, 6.07) is 1.81. The Balaban J connectivity index is 2.68. The number of amides is 1. The topological polar surface area (TPSA) is 55.4 Å². The van der Waals surface area contributed by atoms with Crippen LogP contribution in [-0.4, -0.2) is 18.5 Å². The summed E-state index contributed by atoms with van der Waals surface area (Å²) in [6.45, 7) is 8.07. The van der Waals surface area contributed by atoms with Gasteiger partial charge in [0, 0.05) is 6.42 Å². The Morgan fingerprint density at radius 2 is 2.11 bits per heavy atom. The first kappa shape index (κ1) is 15.7. The molecule has 0 spiro atoms. The lowest BCUT2D eigenvalue weighted by Crippen LogP contribution is -2.13. The molecule has 106 valence electrons. The van der Waals surface area contributed by atoms with Crippen LogP contribution in [0.2, 0.25) is 0 Å². The number of aryl methyl sites for hydroxylation is 1. The van der Waals surface area contributed by atoms with Gasteiger partial charge in [-0.25, -0.2) is 4.79 Å². The molecule has 0 aliphatic carbocycles. The predicted molar refractivity (Wildman–Crippen MR) is 77.7 cm³/mol. The quantitative estimate of drug-likeness (QED) is 0.811. The summed E-state index contributed by atoms with van der Waals surface area (Å²) in [5, 5.41) is 3.54. The van der Waals surface area contributed by atoms with Crippen molar-refractivity contribution in [1.82, 2.24) is 0 Å². The van der Waals surface area contributed by atoms with E-state index in [0.29, 0.717) is 28.8 Å². The van der Waals surface area contributed by atoms with Crippen molar-refractivity contribution in [3.8, 4) is 0 Å². The van der Waals surface area contributed by atoms with Crippen molar-refractivity contribution in [2.45, 2.75) is 40.5 Å². The van der Waals surface area contributed by atoms with Crippen LogP contribution >= 0.6 is 11.3 Å². The standard InChI is InChI=1S/C14H21NO3S/c1-5-9(3)7-11(16)15-12-8-10(4)13(19-12)14(17)18-6-2/h8-9H,5-7H2,1-4H3,(H,15,16). The van der Waals surface area contributed by atoms with Gasteiger partial charge in [-0.15, -0.1) is 11.3 Å². The summed E-state index contributed by atoms with van der Waals surface area (Å²) >= 11 is 1.26. The molecule has 1 amide bonds. The molecule has 1 N–H and O–H groups in total. The van der Waals surface area contributed by atoms with Crippen LogP contribution < -0.4 is 5.32 Å². The van der Waals surface area contributed by atoms with Gasteiger partial charge in [0.15, 0.2) is 0 Å². The Kier molecular flexibility index (Phi) is 6.02. The maximum atomic E-state index is 11.8. The summed E-state index contributed by atoms with van der Waals surface area (Å²) in [7, 11) is 0. The van der Waals surface area contributed by atoms with E-state index in [-0.39, 0.29) is 11.9 Å². The number of anilines is 1. The van der Waals surface area contributed by atoms with Crippen molar-refractivity contribution in [1.29, 1.82) is 0 Å². The van der Waals surface area contributed by atoms with E-state index in [0.717, 1.165) is 12.0 Å². The first-order valence-electron chi connectivity index (χ1n) is 6.55. The number of esters is 1. The highest BCUT2D eigenvalue weighted by atomic mass is 32.1. The van der Waals surface area contributed by atoms with E-state index in [4.69, 9.17) is 4.74 Å². The van der Waals surface area contributed by atoms with E-state index in [1.807, 2.05) is 19.9 Å². The third-order valence-electron chi connectivity index (χ3n) is 2.87. The molecule has 0 aliphatic rings. The molecule has 0 saturated carbocycles. The molecule has 0 fully saturated rings. The van der Waals surface area contributed by atoms with Crippen LogP contribution in [0.3, 0.4) is 0 Å². The second-order valence-electron chi connectivity index (χ2n) is 4.61. The van der Waals surface area contributed by atoms with Gasteiger partial charge >= 0.3 is 5.97 Å². The smallest absolute Gasteiger partial charge is 0.348 e. The van der Waals surface area contributed by atoms with Crippen molar-refractivity contribution in [3.63, 3.8) is 0 Å². The molecule has 1 heterocycles. The Hall–Kier alpha value is -1.36. The molecule has 4 nitrogen and oxygen atoms in total. The molecule has 1 aromatic heterocycles. The summed E-state index contributed by atoms with van der Waals surface area (Å²) in [5.41, 5.74) is 0.835. The van der Waals surface area contributed by atoms with Crippen molar-refractivity contribution in [2.24, 2.45) is 5.92 Å². The fourth-order valence-electron chi connectivity index (χ4n) is 1.59. The van der Waals surface area contributed by atoms with Crippen molar-refractivity contribution in [2.75, 3.05) is 11.9 Å². The molecule has 1 aromatic rings. The minimum atomic E-state index is -0.326. The average molecular weight is 283 g/mol. The Labute approximate surface area is 118 Å². The van der Waals surface area contributed by atoms with Crippen LogP contribution in [0.25, 0.3) is 0 Å². The van der Waals surface area contributed by atoms with Gasteiger partial charge in [-0.2, -0.15) is 0 Å². The van der Waals surface area contributed by atoms with Crippen LogP contribution in [-0.2, 0) is 9.53 Å². The lowest BCUT2D eigenvalue weighted by Gasteiger charge is -2.07. The van der Waals surface area contributed by atoms with Crippen LogP contribution in [0.4, 0.5) is 5.00 Å². The Morgan fingerprint density at radius 1 is 1.42 bits per heavy atom.